The Labute approximate surface area is 186 Å². The van der Waals surface area contributed by atoms with E-state index in [4.69, 9.17) is 0 Å². The molecule has 10 heteroatoms. The zero-order chi connectivity index (χ0) is 23.8. The van der Waals surface area contributed by atoms with Gasteiger partial charge in [0.25, 0.3) is 0 Å². The topological polar surface area (TPSA) is 95.6 Å². The second-order valence-electron chi connectivity index (χ2n) is 7.94. The number of ketones is 2. The van der Waals surface area contributed by atoms with E-state index in [9.17, 15) is 32.3 Å². The molecule has 1 saturated heterocycles. The van der Waals surface area contributed by atoms with E-state index in [2.05, 4.69) is 5.32 Å². The lowest BCUT2D eigenvalue weighted by Gasteiger charge is -2.24. The molecule has 0 spiro atoms. The number of alkyl halides is 3. The number of carbonyl (C=O) groups excluding carboxylic acids is 4. The van der Waals surface area contributed by atoms with Crippen molar-refractivity contribution in [3.8, 4) is 0 Å². The Bertz CT molecular complexity index is 1150. The molecule has 1 atom stereocenters. The summed E-state index contributed by atoms with van der Waals surface area (Å²) < 4.78 is 37.2. The lowest BCUT2D eigenvalue weighted by atomic mass is 9.83. The Hall–Kier alpha value is -3.53. The molecule has 2 aliphatic rings. The van der Waals surface area contributed by atoms with Crippen LogP contribution in [-0.2, 0) is 9.59 Å². The second-order valence-corrected chi connectivity index (χ2v) is 7.94. The Balaban J connectivity index is 1.48. The molecule has 2 aromatic carbocycles. The number of halogens is 3. The van der Waals surface area contributed by atoms with Crippen LogP contribution >= 0.6 is 0 Å². The fraction of sp³-hybridized carbons (Fsp3) is 0.304. The zero-order valence-corrected chi connectivity index (χ0v) is 17.4. The quantitative estimate of drug-likeness (QED) is 0.612. The summed E-state index contributed by atoms with van der Waals surface area (Å²) in [7, 11) is 0. The van der Waals surface area contributed by atoms with Crippen LogP contribution in [0.5, 0.6) is 0 Å². The van der Waals surface area contributed by atoms with Crippen molar-refractivity contribution in [1.29, 1.82) is 0 Å². The predicted molar refractivity (Wildman–Crippen MR) is 112 cm³/mol. The Kier molecular flexibility index (Phi) is 6.03. The minimum atomic E-state index is -4.52. The van der Waals surface area contributed by atoms with Gasteiger partial charge in [-0.3, -0.25) is 24.1 Å². The highest BCUT2D eigenvalue weighted by Gasteiger charge is 2.36. The summed E-state index contributed by atoms with van der Waals surface area (Å²) in [5.41, 5.74) is 0.987. The first kappa shape index (κ1) is 22.7. The van der Waals surface area contributed by atoms with Gasteiger partial charge in [-0.2, -0.15) is 13.2 Å². The van der Waals surface area contributed by atoms with Gasteiger partial charge in [-0.1, -0.05) is 36.4 Å². The van der Waals surface area contributed by atoms with Crippen LogP contribution in [0.2, 0.25) is 0 Å². The highest BCUT2D eigenvalue weighted by atomic mass is 19.4. The lowest BCUT2D eigenvalue weighted by molar-refractivity contribution is -0.141. The first-order chi connectivity index (χ1) is 15.7. The third-order valence-electron chi connectivity index (χ3n) is 5.70. The fourth-order valence-electron chi connectivity index (χ4n) is 4.24. The summed E-state index contributed by atoms with van der Waals surface area (Å²) in [6.07, 6.45) is -3.63. The van der Waals surface area contributed by atoms with E-state index in [0.717, 1.165) is 0 Å². The average molecular weight is 459 g/mol. The fourth-order valence-corrected chi connectivity index (χ4v) is 4.24. The summed E-state index contributed by atoms with van der Waals surface area (Å²) in [6.45, 7) is -1.31. The molecule has 1 fully saturated rings. The van der Waals surface area contributed by atoms with Gasteiger partial charge < -0.3 is 10.6 Å². The van der Waals surface area contributed by atoms with E-state index < -0.39 is 30.6 Å². The van der Waals surface area contributed by atoms with Gasteiger partial charge in [-0.15, -0.1) is 0 Å². The van der Waals surface area contributed by atoms with Crippen molar-refractivity contribution in [3.63, 3.8) is 0 Å². The highest BCUT2D eigenvalue weighted by Crippen LogP contribution is 2.32. The molecule has 1 aliphatic carbocycles. The van der Waals surface area contributed by atoms with Gasteiger partial charge in [0.05, 0.1) is 23.8 Å². The predicted octanol–water partition coefficient (Wildman–Crippen LogP) is 2.54. The number of amides is 2. The summed E-state index contributed by atoms with van der Waals surface area (Å²) in [6, 6.07) is 10.2. The maximum absolute atomic E-state index is 13.0. The summed E-state index contributed by atoms with van der Waals surface area (Å²) in [5, 5.41) is 4.49. The van der Waals surface area contributed by atoms with E-state index in [1.165, 1.54) is 17.0 Å². The summed E-state index contributed by atoms with van der Waals surface area (Å²) in [5.74, 6) is -2.04. The number of fused-ring (bicyclic) bond motifs is 2. The van der Waals surface area contributed by atoms with Crippen molar-refractivity contribution in [2.45, 2.75) is 25.1 Å². The molecule has 7 nitrogen and oxygen atoms in total. The van der Waals surface area contributed by atoms with Gasteiger partial charge in [-0.05, 0) is 25.5 Å². The molecular weight excluding hydrogens is 439 g/mol. The number of anilines is 1. The molecular formula is C23H20F3N3O4. The average Bonchev–Trinajstić information content (AvgIpc) is 3.23. The molecule has 1 aliphatic heterocycles. The molecule has 33 heavy (non-hydrogen) atoms. The van der Waals surface area contributed by atoms with E-state index in [0.29, 0.717) is 24.9 Å². The van der Waals surface area contributed by atoms with Gasteiger partial charge in [0.15, 0.2) is 11.6 Å². The van der Waals surface area contributed by atoms with Crippen LogP contribution in [0.4, 0.5) is 18.9 Å². The van der Waals surface area contributed by atoms with Crippen molar-refractivity contribution in [3.05, 3.63) is 64.7 Å². The molecule has 1 unspecified atom stereocenters. The molecule has 172 valence electrons. The van der Waals surface area contributed by atoms with Gasteiger partial charge in [0.2, 0.25) is 11.8 Å². The minimum absolute atomic E-state index is 0.0930. The number of nitrogens with zero attached hydrogens (tertiary/aromatic N) is 1. The number of nitrogens with one attached hydrogen (secondary N) is 2. The van der Waals surface area contributed by atoms with Gasteiger partial charge in [-0.25, -0.2) is 0 Å². The third-order valence-corrected chi connectivity index (χ3v) is 5.70. The number of likely N-dealkylation sites (tertiary alicyclic amines) is 1. The van der Waals surface area contributed by atoms with E-state index in [-0.39, 0.29) is 40.5 Å². The second kappa shape index (κ2) is 8.78. The number of rotatable bonds is 5. The summed E-state index contributed by atoms with van der Waals surface area (Å²) in [4.78, 5) is 52.2. The van der Waals surface area contributed by atoms with Crippen LogP contribution < -0.4 is 10.6 Å². The molecule has 0 bridgehead atoms. The third kappa shape index (κ3) is 4.65. The van der Waals surface area contributed by atoms with Crippen molar-refractivity contribution in [2.75, 3.05) is 25.0 Å². The molecule has 0 aromatic heterocycles. The largest absolute Gasteiger partial charge is 0.405 e. The van der Waals surface area contributed by atoms with Gasteiger partial charge >= 0.3 is 6.18 Å². The number of hydrogen-bond acceptors (Lipinski definition) is 5. The molecule has 0 saturated carbocycles. The monoisotopic (exact) mass is 459 g/mol. The van der Waals surface area contributed by atoms with Crippen LogP contribution in [-0.4, -0.2) is 60.1 Å². The molecule has 1 heterocycles. The van der Waals surface area contributed by atoms with Crippen molar-refractivity contribution in [1.82, 2.24) is 10.2 Å². The number of hydrogen-bond donors (Lipinski definition) is 2. The van der Waals surface area contributed by atoms with Crippen LogP contribution in [0, 0.1) is 0 Å². The van der Waals surface area contributed by atoms with Gasteiger partial charge in [0.1, 0.15) is 6.54 Å². The zero-order valence-electron chi connectivity index (χ0n) is 17.4. The van der Waals surface area contributed by atoms with Gasteiger partial charge in [0, 0.05) is 16.7 Å². The highest BCUT2D eigenvalue weighted by molar-refractivity contribution is 6.30. The molecule has 2 N–H and O–H groups in total. The van der Waals surface area contributed by atoms with Crippen LogP contribution in [0.1, 0.15) is 44.7 Å². The van der Waals surface area contributed by atoms with Crippen LogP contribution in [0.15, 0.2) is 42.5 Å². The van der Waals surface area contributed by atoms with Crippen molar-refractivity contribution in [2.24, 2.45) is 0 Å². The smallest absolute Gasteiger partial charge is 0.346 e. The van der Waals surface area contributed by atoms with E-state index >= 15 is 0 Å². The normalized spacial score (nSPS) is 18.0. The van der Waals surface area contributed by atoms with Crippen LogP contribution in [0.25, 0.3) is 0 Å². The lowest BCUT2D eigenvalue weighted by Crippen LogP contribution is -2.48. The molecule has 2 amide bonds. The molecule has 2 aromatic rings. The standard InChI is InChI=1S/C23H20F3N3O4/c24-23(25,26)12-27-22(33)17-9-4-10-29(17)11-18(30)28-16-8-3-7-15-19(16)21(32)14-6-2-1-5-13(14)20(15)31/h1-3,5-8,17H,4,9-12H2,(H,27,33)(H,28,30). The SMILES string of the molecule is O=C(CN1CCCC1C(=O)NCC(F)(F)F)Nc1cccc2c1C(=O)c1ccccc1C2=O. The maximum Gasteiger partial charge on any atom is 0.405 e. The van der Waals surface area contributed by atoms with Crippen molar-refractivity contribution < 1.29 is 32.3 Å². The Morgan fingerprint density at radius 3 is 2.33 bits per heavy atom. The maximum atomic E-state index is 13.0. The van der Waals surface area contributed by atoms with E-state index in [1.54, 1.807) is 30.3 Å². The number of benzene rings is 2. The number of carbonyl (C=O) groups is 4. The minimum Gasteiger partial charge on any atom is -0.346 e. The van der Waals surface area contributed by atoms with E-state index in [1.807, 2.05) is 5.32 Å². The van der Waals surface area contributed by atoms with Crippen LogP contribution in [0.3, 0.4) is 0 Å². The first-order valence-corrected chi connectivity index (χ1v) is 10.4. The Morgan fingerprint density at radius 2 is 1.64 bits per heavy atom. The van der Waals surface area contributed by atoms with Crippen molar-refractivity contribution >= 4 is 29.1 Å². The molecule has 4 rings (SSSR count). The summed E-state index contributed by atoms with van der Waals surface area (Å²) >= 11 is 0. The molecule has 0 radical (unpaired) electrons. The Morgan fingerprint density at radius 1 is 0.970 bits per heavy atom. The first-order valence-electron chi connectivity index (χ1n) is 10.4.